The van der Waals surface area contributed by atoms with E-state index >= 15 is 0 Å². The summed E-state index contributed by atoms with van der Waals surface area (Å²) in [5, 5.41) is 8.94. The maximum Gasteiger partial charge on any atom is 0.200 e. The second kappa shape index (κ2) is 9.06. The van der Waals surface area contributed by atoms with Crippen molar-refractivity contribution in [3.63, 3.8) is 0 Å². The number of benzene rings is 7. The lowest BCUT2D eigenvalue weighted by molar-refractivity contribution is 0.660. The molecule has 0 amide bonds. The van der Waals surface area contributed by atoms with E-state index in [-0.39, 0.29) is 5.43 Å². The molecule has 0 N–H and O–H groups in total. The van der Waals surface area contributed by atoms with Crippen molar-refractivity contribution >= 4 is 91.5 Å². The molecule has 3 nitrogen and oxygen atoms in total. The van der Waals surface area contributed by atoms with Gasteiger partial charge in [-0.25, -0.2) is 0 Å². The van der Waals surface area contributed by atoms with Gasteiger partial charge in [0.05, 0.1) is 27.3 Å². The van der Waals surface area contributed by atoms with Crippen LogP contribution in [0.15, 0.2) is 149 Å². The van der Waals surface area contributed by atoms with Crippen molar-refractivity contribution in [3.8, 4) is 22.3 Å². The predicted octanol–water partition coefficient (Wildman–Crippen LogP) is 11.8. The van der Waals surface area contributed by atoms with Gasteiger partial charge in [-0.1, -0.05) is 91.0 Å². The van der Waals surface area contributed by atoms with E-state index in [1.54, 1.807) is 0 Å². The fourth-order valence-corrected chi connectivity index (χ4v) is 9.01. The number of nitrogens with zero attached hydrogens (tertiary/aromatic N) is 1. The molecule has 0 fully saturated rings. The molecule has 0 saturated carbocycles. The number of thiophene rings is 1. The minimum Gasteiger partial charge on any atom is -0.456 e. The number of para-hydroxylation sites is 3. The van der Waals surface area contributed by atoms with Crippen LogP contribution in [0.1, 0.15) is 0 Å². The Morgan fingerprint density at radius 2 is 1.09 bits per heavy atom. The molecule has 47 heavy (non-hydrogen) atoms. The Balaban J connectivity index is 1.07. The quantitative estimate of drug-likeness (QED) is 0.181. The summed E-state index contributed by atoms with van der Waals surface area (Å²) < 4.78 is 11.1. The van der Waals surface area contributed by atoms with Gasteiger partial charge in [-0.15, -0.1) is 11.3 Å². The second-order valence-corrected chi connectivity index (χ2v) is 13.5. The van der Waals surface area contributed by atoms with Crippen LogP contribution in [0, 0.1) is 0 Å². The summed E-state index contributed by atoms with van der Waals surface area (Å²) in [7, 11) is 0. The van der Waals surface area contributed by atoms with E-state index in [0.29, 0.717) is 21.9 Å². The molecule has 0 spiro atoms. The molecule has 11 aromatic rings. The molecule has 0 aliphatic heterocycles. The van der Waals surface area contributed by atoms with E-state index in [4.69, 9.17) is 4.42 Å². The summed E-state index contributed by atoms with van der Waals surface area (Å²) in [4.78, 5) is 13.1. The van der Waals surface area contributed by atoms with Gasteiger partial charge in [0.2, 0.25) is 5.43 Å². The minimum atomic E-state index is 0.00633. The van der Waals surface area contributed by atoms with E-state index < -0.39 is 0 Å². The highest BCUT2D eigenvalue weighted by molar-refractivity contribution is 7.25. The summed E-state index contributed by atoms with van der Waals surface area (Å²) in [5.41, 5.74) is 9.64. The van der Waals surface area contributed by atoms with Crippen LogP contribution >= 0.6 is 11.3 Å². The molecular weight excluding hydrogens is 595 g/mol. The molecule has 7 aromatic carbocycles. The van der Waals surface area contributed by atoms with Crippen LogP contribution in [0.4, 0.5) is 0 Å². The molecule has 4 aromatic heterocycles. The van der Waals surface area contributed by atoms with Crippen molar-refractivity contribution in [2.45, 2.75) is 0 Å². The van der Waals surface area contributed by atoms with Crippen LogP contribution in [0.5, 0.6) is 0 Å². The van der Waals surface area contributed by atoms with Gasteiger partial charge in [0, 0.05) is 41.7 Å². The minimum absolute atomic E-state index is 0.00633. The first-order valence-corrected chi connectivity index (χ1v) is 16.6. The lowest BCUT2D eigenvalue weighted by Gasteiger charge is -2.06. The van der Waals surface area contributed by atoms with Gasteiger partial charge in [0.25, 0.3) is 0 Å². The van der Waals surface area contributed by atoms with Crippen molar-refractivity contribution in [1.82, 2.24) is 4.40 Å². The molecular formula is C43H23NO2S. The molecule has 218 valence electrons. The Morgan fingerprint density at radius 1 is 0.468 bits per heavy atom. The Labute approximate surface area is 271 Å². The third-order valence-corrected chi connectivity index (χ3v) is 11.1. The second-order valence-electron chi connectivity index (χ2n) is 12.4. The van der Waals surface area contributed by atoms with Gasteiger partial charge in [-0.05, 0) is 70.8 Å². The Hall–Kier alpha value is -5.97. The van der Waals surface area contributed by atoms with Crippen LogP contribution in [0.3, 0.4) is 0 Å². The first-order chi connectivity index (χ1) is 23.2. The van der Waals surface area contributed by atoms with Crippen molar-refractivity contribution in [1.29, 1.82) is 0 Å². The molecule has 11 rings (SSSR count). The van der Waals surface area contributed by atoms with Crippen molar-refractivity contribution in [2.24, 2.45) is 0 Å². The van der Waals surface area contributed by atoms with E-state index in [2.05, 4.69) is 101 Å². The Bertz CT molecular complexity index is 3160. The third kappa shape index (κ3) is 3.37. The Kier molecular flexibility index (Phi) is 4.87. The molecule has 4 heteroatoms. The van der Waals surface area contributed by atoms with Crippen LogP contribution in [-0.2, 0) is 0 Å². The van der Waals surface area contributed by atoms with E-state index in [9.17, 15) is 4.79 Å². The molecule has 0 atom stereocenters. The van der Waals surface area contributed by atoms with Gasteiger partial charge in [-0.3, -0.25) is 4.79 Å². The third-order valence-electron chi connectivity index (χ3n) is 9.94. The zero-order chi connectivity index (χ0) is 30.8. The Morgan fingerprint density at radius 3 is 1.96 bits per heavy atom. The van der Waals surface area contributed by atoms with Crippen molar-refractivity contribution in [3.05, 3.63) is 150 Å². The monoisotopic (exact) mass is 617 g/mol. The van der Waals surface area contributed by atoms with Crippen LogP contribution in [0.25, 0.3) is 102 Å². The summed E-state index contributed by atoms with van der Waals surface area (Å²) in [6.07, 6.45) is 0. The number of rotatable bonds is 2. The van der Waals surface area contributed by atoms with Crippen molar-refractivity contribution < 1.29 is 4.42 Å². The van der Waals surface area contributed by atoms with Gasteiger partial charge in [0.1, 0.15) is 11.2 Å². The zero-order valence-corrected chi connectivity index (χ0v) is 25.8. The number of aromatic nitrogens is 1. The SMILES string of the molecule is O=c1c2ccccc2oc2cc(-c3ccc4c(c3)sc3cc(-c5cccc6c5c5cccc7c8ccccc8n6c75)ccc34)ccc12. The summed E-state index contributed by atoms with van der Waals surface area (Å²) >= 11 is 1.83. The van der Waals surface area contributed by atoms with Crippen LogP contribution in [-0.4, -0.2) is 4.40 Å². The largest absolute Gasteiger partial charge is 0.456 e. The molecule has 4 heterocycles. The standard InChI is InChI=1S/C43H23NO2S/c45-43-32-8-2-4-14-37(32)46-38-21-24(16-20-33(38)43)25-15-18-29-30-19-17-26(23-40(30)47-39(29)22-25)27-9-6-13-36-41(27)34-11-5-10-31-28-7-1-3-12-35(28)44(36)42(31)34/h1-23H. The molecule has 0 radical (unpaired) electrons. The number of hydrogen-bond donors (Lipinski definition) is 0. The lowest BCUT2D eigenvalue weighted by Crippen LogP contribution is -2.01. The smallest absolute Gasteiger partial charge is 0.200 e. The normalized spacial score (nSPS) is 12.3. The summed E-state index contributed by atoms with van der Waals surface area (Å²) in [6.45, 7) is 0. The average Bonchev–Trinajstić information content (AvgIpc) is 3.78. The first-order valence-electron chi connectivity index (χ1n) is 15.8. The van der Waals surface area contributed by atoms with Crippen LogP contribution < -0.4 is 5.43 Å². The maximum atomic E-state index is 13.1. The molecule has 0 unspecified atom stereocenters. The summed E-state index contributed by atoms with van der Waals surface area (Å²) in [6, 6.07) is 49.1. The molecule has 0 aliphatic carbocycles. The maximum absolute atomic E-state index is 13.1. The first kappa shape index (κ1) is 25.2. The molecule has 0 aliphatic rings. The number of fused-ring (bicyclic) bond motifs is 11. The van der Waals surface area contributed by atoms with Gasteiger partial charge in [0.15, 0.2) is 0 Å². The zero-order valence-electron chi connectivity index (χ0n) is 25.0. The number of hydrogen-bond acceptors (Lipinski definition) is 3. The van der Waals surface area contributed by atoms with Crippen molar-refractivity contribution in [2.75, 3.05) is 0 Å². The highest BCUT2D eigenvalue weighted by Gasteiger charge is 2.20. The lowest BCUT2D eigenvalue weighted by atomic mass is 9.97. The summed E-state index contributed by atoms with van der Waals surface area (Å²) in [5.74, 6) is 0. The van der Waals surface area contributed by atoms with Gasteiger partial charge < -0.3 is 8.82 Å². The fraction of sp³-hybridized carbons (Fsp3) is 0. The average molecular weight is 618 g/mol. The van der Waals surface area contributed by atoms with E-state index in [1.165, 1.54) is 69.4 Å². The van der Waals surface area contributed by atoms with Gasteiger partial charge >= 0.3 is 0 Å². The van der Waals surface area contributed by atoms with Crippen LogP contribution in [0.2, 0.25) is 0 Å². The predicted molar refractivity (Wildman–Crippen MR) is 198 cm³/mol. The molecule has 0 bridgehead atoms. The van der Waals surface area contributed by atoms with Gasteiger partial charge in [-0.2, -0.15) is 0 Å². The highest BCUT2D eigenvalue weighted by Crippen LogP contribution is 2.44. The molecule has 0 saturated heterocycles. The van der Waals surface area contributed by atoms with E-state index in [0.717, 1.165) is 11.1 Å². The topological polar surface area (TPSA) is 34.6 Å². The van der Waals surface area contributed by atoms with E-state index in [1.807, 2.05) is 53.8 Å². The highest BCUT2D eigenvalue weighted by atomic mass is 32.1. The fourth-order valence-electron chi connectivity index (χ4n) is 7.83.